The van der Waals surface area contributed by atoms with Crippen LogP contribution in [0.25, 0.3) is 0 Å². The molecule has 92 valence electrons. The lowest BCUT2D eigenvalue weighted by Gasteiger charge is -2.05. The number of rotatable bonds is 4. The Morgan fingerprint density at radius 2 is 1.82 bits per heavy atom. The number of ether oxygens (including phenoxy) is 1. The first kappa shape index (κ1) is 13.1. The zero-order valence-corrected chi connectivity index (χ0v) is 9.18. The van der Waals surface area contributed by atoms with Crippen molar-refractivity contribution in [2.45, 2.75) is 0 Å². The summed E-state index contributed by atoms with van der Waals surface area (Å²) in [7, 11) is -4.50. The van der Waals surface area contributed by atoms with Gasteiger partial charge in [-0.1, -0.05) is 12.1 Å². The lowest BCUT2D eigenvalue weighted by atomic mass is 10.2. The average Bonchev–Trinajstić information content (AvgIpc) is 2.14. The van der Waals surface area contributed by atoms with Gasteiger partial charge in [0.25, 0.3) is 10.1 Å². The van der Waals surface area contributed by atoms with Crippen LogP contribution in [0.5, 0.6) is 5.75 Å². The molecule has 0 amide bonds. The van der Waals surface area contributed by atoms with Crippen molar-refractivity contribution < 1.29 is 32.4 Å². The van der Waals surface area contributed by atoms with Crippen LogP contribution in [0.15, 0.2) is 24.3 Å². The van der Waals surface area contributed by atoms with Crippen LogP contribution in [0.3, 0.4) is 0 Å². The molecule has 0 radical (unpaired) electrons. The van der Waals surface area contributed by atoms with Gasteiger partial charge in [0.15, 0.2) is 5.75 Å². The number of hydrogen-bond acceptors (Lipinski definition) is 5. The van der Waals surface area contributed by atoms with Gasteiger partial charge in [-0.05, 0) is 12.1 Å². The van der Waals surface area contributed by atoms with Crippen LogP contribution in [-0.4, -0.2) is 35.8 Å². The molecule has 0 saturated carbocycles. The smallest absolute Gasteiger partial charge is 0.339 e. The van der Waals surface area contributed by atoms with E-state index in [1.807, 2.05) is 0 Å². The second-order valence-corrected chi connectivity index (χ2v) is 4.45. The van der Waals surface area contributed by atoms with Crippen LogP contribution < -0.4 is 4.74 Å². The summed E-state index contributed by atoms with van der Waals surface area (Å²) in [5.74, 6) is -4.10. The number of esters is 1. The Morgan fingerprint density at radius 1 is 1.24 bits per heavy atom. The number of para-hydroxylation sites is 1. The minimum Gasteiger partial charge on any atom is -0.478 e. The first-order valence-electron chi connectivity index (χ1n) is 4.28. The predicted octanol–water partition coefficient (Wildman–Crippen LogP) is 0.178. The van der Waals surface area contributed by atoms with Crippen molar-refractivity contribution in [1.29, 1.82) is 0 Å². The van der Waals surface area contributed by atoms with Gasteiger partial charge in [-0.25, -0.2) is 4.79 Å². The number of hydrogen-bond donors (Lipinski definition) is 2. The van der Waals surface area contributed by atoms with Gasteiger partial charge in [-0.3, -0.25) is 9.35 Å². The van der Waals surface area contributed by atoms with Crippen molar-refractivity contribution in [3.8, 4) is 5.75 Å². The number of carbonyl (C=O) groups is 2. The number of carboxylic acids is 1. The van der Waals surface area contributed by atoms with Crippen LogP contribution in [0.1, 0.15) is 10.4 Å². The molecule has 1 rings (SSSR count). The summed E-state index contributed by atoms with van der Waals surface area (Å²) < 4.78 is 33.7. The van der Waals surface area contributed by atoms with Gasteiger partial charge in [0, 0.05) is 0 Å². The summed E-state index contributed by atoms with van der Waals surface area (Å²) in [6.45, 7) is 0. The SMILES string of the molecule is O=C(CS(=O)(=O)O)Oc1ccccc1C(=O)O. The highest BCUT2D eigenvalue weighted by Gasteiger charge is 2.18. The molecule has 0 fully saturated rings. The van der Waals surface area contributed by atoms with Gasteiger partial charge < -0.3 is 9.84 Å². The average molecular weight is 260 g/mol. The van der Waals surface area contributed by atoms with E-state index in [9.17, 15) is 18.0 Å². The Balaban J connectivity index is 2.89. The van der Waals surface area contributed by atoms with Gasteiger partial charge in [0.05, 0.1) is 0 Å². The highest BCUT2D eigenvalue weighted by atomic mass is 32.2. The van der Waals surface area contributed by atoms with Gasteiger partial charge in [0.2, 0.25) is 0 Å². The molecule has 8 heteroatoms. The molecular formula is C9H8O7S. The van der Waals surface area contributed by atoms with Crippen molar-refractivity contribution in [3.63, 3.8) is 0 Å². The van der Waals surface area contributed by atoms with Crippen LogP contribution >= 0.6 is 0 Å². The van der Waals surface area contributed by atoms with E-state index >= 15 is 0 Å². The molecule has 0 unspecified atom stereocenters. The van der Waals surface area contributed by atoms with E-state index < -0.39 is 27.8 Å². The van der Waals surface area contributed by atoms with E-state index in [2.05, 4.69) is 4.74 Å². The summed E-state index contributed by atoms with van der Waals surface area (Å²) in [6, 6.07) is 5.23. The molecule has 1 aromatic rings. The third-order valence-corrected chi connectivity index (χ3v) is 2.24. The predicted molar refractivity (Wildman–Crippen MR) is 55.5 cm³/mol. The van der Waals surface area contributed by atoms with Crippen LogP contribution in [-0.2, 0) is 14.9 Å². The first-order valence-corrected chi connectivity index (χ1v) is 5.88. The third-order valence-electron chi connectivity index (χ3n) is 1.64. The second kappa shape index (κ2) is 4.93. The fourth-order valence-corrected chi connectivity index (χ4v) is 1.39. The minimum absolute atomic E-state index is 0.281. The van der Waals surface area contributed by atoms with Crippen LogP contribution in [0.4, 0.5) is 0 Å². The van der Waals surface area contributed by atoms with Crippen molar-refractivity contribution >= 4 is 22.1 Å². The van der Waals surface area contributed by atoms with E-state index in [0.29, 0.717) is 0 Å². The molecule has 0 spiro atoms. The summed E-state index contributed by atoms with van der Waals surface area (Å²) >= 11 is 0. The largest absolute Gasteiger partial charge is 0.478 e. The zero-order chi connectivity index (χ0) is 13.1. The van der Waals surface area contributed by atoms with E-state index in [-0.39, 0.29) is 11.3 Å². The lowest BCUT2D eigenvalue weighted by Crippen LogP contribution is -2.21. The molecule has 0 aliphatic heterocycles. The van der Waals surface area contributed by atoms with Crippen LogP contribution in [0.2, 0.25) is 0 Å². The summed E-state index contributed by atoms with van der Waals surface area (Å²) in [4.78, 5) is 21.8. The number of carbonyl (C=O) groups excluding carboxylic acids is 1. The van der Waals surface area contributed by atoms with Gasteiger partial charge in [0.1, 0.15) is 11.3 Å². The highest BCUT2D eigenvalue weighted by Crippen LogP contribution is 2.17. The molecule has 0 aromatic heterocycles. The van der Waals surface area contributed by atoms with Gasteiger partial charge in [-0.2, -0.15) is 8.42 Å². The molecule has 2 N–H and O–H groups in total. The molecular weight excluding hydrogens is 252 g/mol. The van der Waals surface area contributed by atoms with E-state index in [0.717, 1.165) is 0 Å². The molecule has 17 heavy (non-hydrogen) atoms. The third kappa shape index (κ3) is 4.21. The molecule has 1 aromatic carbocycles. The van der Waals surface area contributed by atoms with E-state index in [1.54, 1.807) is 0 Å². The molecule has 0 bridgehead atoms. The van der Waals surface area contributed by atoms with Crippen molar-refractivity contribution in [2.24, 2.45) is 0 Å². The Kier molecular flexibility index (Phi) is 3.81. The zero-order valence-electron chi connectivity index (χ0n) is 8.36. The molecule has 0 aliphatic rings. The Hall–Kier alpha value is -1.93. The maximum absolute atomic E-state index is 11.0. The van der Waals surface area contributed by atoms with Crippen molar-refractivity contribution in [1.82, 2.24) is 0 Å². The van der Waals surface area contributed by atoms with Gasteiger partial charge >= 0.3 is 11.9 Å². The van der Waals surface area contributed by atoms with Crippen molar-refractivity contribution in [3.05, 3.63) is 29.8 Å². The summed E-state index contributed by atoms with van der Waals surface area (Å²) in [6.07, 6.45) is 0. The minimum atomic E-state index is -4.50. The highest BCUT2D eigenvalue weighted by molar-refractivity contribution is 7.86. The van der Waals surface area contributed by atoms with Gasteiger partial charge in [-0.15, -0.1) is 0 Å². The standard InChI is InChI=1S/C9H8O7S/c10-8(5-17(13,14)15)16-7-4-2-1-3-6(7)9(11)12/h1-4H,5H2,(H,11,12)(H,13,14,15). The molecule has 7 nitrogen and oxygen atoms in total. The molecule has 0 aliphatic carbocycles. The number of aromatic carboxylic acids is 1. The normalized spacial score (nSPS) is 10.9. The van der Waals surface area contributed by atoms with Crippen molar-refractivity contribution in [2.75, 3.05) is 5.75 Å². The molecule has 0 atom stereocenters. The van der Waals surface area contributed by atoms with Crippen LogP contribution in [0, 0.1) is 0 Å². The Labute approximate surface area is 96.4 Å². The lowest BCUT2D eigenvalue weighted by molar-refractivity contribution is -0.131. The topological polar surface area (TPSA) is 118 Å². The quantitative estimate of drug-likeness (QED) is 0.450. The molecule has 0 heterocycles. The molecule has 0 saturated heterocycles. The van der Waals surface area contributed by atoms with E-state index in [1.165, 1.54) is 24.3 Å². The maximum atomic E-state index is 11.0. The number of benzene rings is 1. The monoisotopic (exact) mass is 260 g/mol. The number of carboxylic acid groups (broad SMARTS) is 1. The summed E-state index contributed by atoms with van der Waals surface area (Å²) in [5, 5.41) is 8.75. The first-order chi connectivity index (χ1) is 7.79. The second-order valence-electron chi connectivity index (χ2n) is 3.00. The Bertz CT molecular complexity index is 546. The van der Waals surface area contributed by atoms with E-state index in [4.69, 9.17) is 9.66 Å². The maximum Gasteiger partial charge on any atom is 0.339 e. The Morgan fingerprint density at radius 3 is 2.35 bits per heavy atom. The fraction of sp³-hybridized carbons (Fsp3) is 0.111. The summed E-state index contributed by atoms with van der Waals surface area (Å²) in [5.41, 5.74) is -0.281. The fourth-order valence-electron chi connectivity index (χ4n) is 1.03.